The number of nitrogens with zero attached hydrogens (tertiary/aromatic N) is 1. The summed E-state index contributed by atoms with van der Waals surface area (Å²) < 4.78 is 4.61. The maximum Gasteiger partial charge on any atom is 0.287 e. The molecule has 5 heteroatoms. The van der Waals surface area contributed by atoms with E-state index in [0.29, 0.717) is 12.2 Å². The largest absolute Gasteiger partial charge is 0.363 e. The molecule has 0 fully saturated rings. The normalized spacial score (nSPS) is 9.91. The summed E-state index contributed by atoms with van der Waals surface area (Å²) in [6.07, 6.45) is 0. The first-order chi connectivity index (χ1) is 5.24. The molecule has 1 heterocycles. The molecule has 0 aromatic carbocycles. The van der Waals surface area contributed by atoms with Crippen molar-refractivity contribution >= 4 is 5.91 Å². The van der Waals surface area contributed by atoms with Crippen LogP contribution in [0.3, 0.4) is 0 Å². The fourth-order valence-corrected chi connectivity index (χ4v) is 0.692. The third-order valence-electron chi connectivity index (χ3n) is 1.16. The molecule has 0 aliphatic heterocycles. The van der Waals surface area contributed by atoms with Crippen molar-refractivity contribution in [3.63, 3.8) is 0 Å². The van der Waals surface area contributed by atoms with Crippen molar-refractivity contribution in [2.45, 2.75) is 6.54 Å². The van der Waals surface area contributed by atoms with E-state index >= 15 is 0 Å². The Labute approximate surface area is 63.5 Å². The molecule has 1 aromatic heterocycles. The monoisotopic (exact) mass is 155 g/mol. The number of nitrogens with two attached hydrogens (primary N) is 1. The van der Waals surface area contributed by atoms with E-state index in [1.54, 1.807) is 7.05 Å². The molecular formula is C6H9N3O2. The molecule has 11 heavy (non-hydrogen) atoms. The zero-order valence-corrected chi connectivity index (χ0v) is 6.13. The Kier molecular flexibility index (Phi) is 2.22. The van der Waals surface area contributed by atoms with Gasteiger partial charge in [-0.3, -0.25) is 4.79 Å². The average molecular weight is 155 g/mol. The molecule has 0 saturated heterocycles. The van der Waals surface area contributed by atoms with Crippen LogP contribution in [-0.2, 0) is 6.54 Å². The van der Waals surface area contributed by atoms with Crippen LogP contribution in [0.4, 0.5) is 0 Å². The lowest BCUT2D eigenvalue weighted by molar-refractivity contribution is 0.0965. The van der Waals surface area contributed by atoms with Gasteiger partial charge in [0.2, 0.25) is 5.76 Å². The van der Waals surface area contributed by atoms with Crippen molar-refractivity contribution in [2.24, 2.45) is 5.73 Å². The summed E-state index contributed by atoms with van der Waals surface area (Å²) in [7, 11) is 1.78. The number of primary amides is 1. The van der Waals surface area contributed by atoms with Crippen LogP contribution in [0.15, 0.2) is 10.6 Å². The van der Waals surface area contributed by atoms with Crippen molar-refractivity contribution in [2.75, 3.05) is 7.05 Å². The van der Waals surface area contributed by atoms with Crippen LogP contribution in [-0.4, -0.2) is 18.1 Å². The van der Waals surface area contributed by atoms with Crippen molar-refractivity contribution in [3.05, 3.63) is 17.5 Å². The first-order valence-electron chi connectivity index (χ1n) is 3.14. The number of aromatic nitrogens is 1. The summed E-state index contributed by atoms with van der Waals surface area (Å²) in [5.41, 5.74) is 5.60. The number of hydrogen-bond donors (Lipinski definition) is 2. The average Bonchev–Trinajstić information content (AvgIpc) is 2.37. The third kappa shape index (κ3) is 1.78. The van der Waals surface area contributed by atoms with Crippen LogP contribution in [0.1, 0.15) is 16.2 Å². The Morgan fingerprint density at radius 2 is 2.64 bits per heavy atom. The highest BCUT2D eigenvalue weighted by Crippen LogP contribution is 2.01. The minimum absolute atomic E-state index is 0.0928. The van der Waals surface area contributed by atoms with E-state index < -0.39 is 5.91 Å². The highest BCUT2D eigenvalue weighted by molar-refractivity contribution is 5.89. The molecule has 3 N–H and O–H groups in total. The van der Waals surface area contributed by atoms with Crippen LogP contribution < -0.4 is 11.1 Å². The van der Waals surface area contributed by atoms with Crippen molar-refractivity contribution in [3.8, 4) is 0 Å². The molecule has 5 nitrogen and oxygen atoms in total. The van der Waals surface area contributed by atoms with Crippen molar-refractivity contribution in [1.82, 2.24) is 10.5 Å². The zero-order chi connectivity index (χ0) is 8.27. The molecule has 0 saturated carbocycles. The molecule has 1 aromatic rings. The topological polar surface area (TPSA) is 81.1 Å². The maximum atomic E-state index is 10.5. The second-order valence-corrected chi connectivity index (χ2v) is 2.08. The van der Waals surface area contributed by atoms with Gasteiger partial charge in [0.05, 0.1) is 5.69 Å². The SMILES string of the molecule is CNCc1cc(C(N)=O)on1. The first-order valence-corrected chi connectivity index (χ1v) is 3.14. The highest BCUT2D eigenvalue weighted by Gasteiger charge is 2.07. The smallest absolute Gasteiger partial charge is 0.287 e. The molecule has 60 valence electrons. The number of amides is 1. The summed E-state index contributed by atoms with van der Waals surface area (Å²) in [6.45, 7) is 0.566. The predicted octanol–water partition coefficient (Wildman–Crippen LogP) is -0.507. The highest BCUT2D eigenvalue weighted by atomic mass is 16.5. The lowest BCUT2D eigenvalue weighted by Gasteiger charge is -1.87. The summed E-state index contributed by atoms with van der Waals surface area (Å²) in [6, 6.07) is 1.51. The molecule has 0 aliphatic rings. The van der Waals surface area contributed by atoms with Gasteiger partial charge < -0.3 is 15.6 Å². The van der Waals surface area contributed by atoms with Gasteiger partial charge in [0.1, 0.15) is 0 Å². The maximum absolute atomic E-state index is 10.5. The zero-order valence-electron chi connectivity index (χ0n) is 6.13. The first kappa shape index (κ1) is 7.74. The van der Waals surface area contributed by atoms with E-state index in [1.807, 2.05) is 0 Å². The van der Waals surface area contributed by atoms with E-state index in [4.69, 9.17) is 5.73 Å². The van der Waals surface area contributed by atoms with Gasteiger partial charge in [-0.1, -0.05) is 5.16 Å². The molecule has 0 unspecified atom stereocenters. The molecular weight excluding hydrogens is 146 g/mol. The van der Waals surface area contributed by atoms with Crippen LogP contribution in [0.5, 0.6) is 0 Å². The van der Waals surface area contributed by atoms with E-state index in [1.165, 1.54) is 6.07 Å². The second kappa shape index (κ2) is 3.16. The third-order valence-corrected chi connectivity index (χ3v) is 1.16. The Morgan fingerprint density at radius 3 is 3.09 bits per heavy atom. The van der Waals surface area contributed by atoms with Gasteiger partial charge in [-0.15, -0.1) is 0 Å². The van der Waals surface area contributed by atoms with Crippen LogP contribution >= 0.6 is 0 Å². The van der Waals surface area contributed by atoms with Gasteiger partial charge in [-0.2, -0.15) is 0 Å². The van der Waals surface area contributed by atoms with Crippen LogP contribution in [0.2, 0.25) is 0 Å². The lowest BCUT2D eigenvalue weighted by atomic mass is 10.3. The minimum Gasteiger partial charge on any atom is -0.363 e. The van der Waals surface area contributed by atoms with Gasteiger partial charge >= 0.3 is 0 Å². The quantitative estimate of drug-likeness (QED) is 0.616. The number of carbonyl (C=O) groups is 1. The summed E-state index contributed by atoms with van der Waals surface area (Å²) in [5, 5.41) is 6.45. The number of carbonyl (C=O) groups excluding carboxylic acids is 1. The predicted molar refractivity (Wildman–Crippen MR) is 37.8 cm³/mol. The van der Waals surface area contributed by atoms with E-state index in [0.717, 1.165) is 0 Å². The Morgan fingerprint density at radius 1 is 1.91 bits per heavy atom. The van der Waals surface area contributed by atoms with E-state index in [9.17, 15) is 4.79 Å². The van der Waals surface area contributed by atoms with E-state index in [-0.39, 0.29) is 5.76 Å². The van der Waals surface area contributed by atoms with Gasteiger partial charge in [-0.25, -0.2) is 0 Å². The molecule has 0 atom stereocenters. The number of nitrogens with one attached hydrogen (secondary N) is 1. The molecule has 0 aliphatic carbocycles. The van der Waals surface area contributed by atoms with Crippen molar-refractivity contribution in [1.29, 1.82) is 0 Å². The Hall–Kier alpha value is -1.36. The van der Waals surface area contributed by atoms with Gasteiger partial charge in [0, 0.05) is 12.6 Å². The molecule has 0 radical (unpaired) electrons. The molecule has 0 bridgehead atoms. The minimum atomic E-state index is -0.597. The molecule has 1 rings (SSSR count). The summed E-state index contributed by atoms with van der Waals surface area (Å²) in [4.78, 5) is 10.5. The summed E-state index contributed by atoms with van der Waals surface area (Å²) in [5.74, 6) is -0.505. The van der Waals surface area contributed by atoms with Gasteiger partial charge in [0.25, 0.3) is 5.91 Å². The number of hydrogen-bond acceptors (Lipinski definition) is 4. The van der Waals surface area contributed by atoms with E-state index in [2.05, 4.69) is 15.0 Å². The lowest BCUT2D eigenvalue weighted by Crippen LogP contribution is -2.09. The molecule has 1 amide bonds. The second-order valence-electron chi connectivity index (χ2n) is 2.08. The van der Waals surface area contributed by atoms with Gasteiger partial charge in [-0.05, 0) is 7.05 Å². The Bertz CT molecular complexity index is 256. The Balaban J connectivity index is 2.73. The fraction of sp³-hybridized carbons (Fsp3) is 0.333. The number of rotatable bonds is 3. The van der Waals surface area contributed by atoms with Crippen LogP contribution in [0, 0.1) is 0 Å². The molecule has 0 spiro atoms. The van der Waals surface area contributed by atoms with Gasteiger partial charge in [0.15, 0.2) is 0 Å². The summed E-state index contributed by atoms with van der Waals surface area (Å²) >= 11 is 0. The van der Waals surface area contributed by atoms with Crippen molar-refractivity contribution < 1.29 is 9.32 Å². The fourth-order valence-electron chi connectivity index (χ4n) is 0.692. The van der Waals surface area contributed by atoms with Crippen LogP contribution in [0.25, 0.3) is 0 Å². The standard InChI is InChI=1S/C6H9N3O2/c1-8-3-4-2-5(6(7)10)11-9-4/h2,8H,3H2,1H3,(H2,7,10).